The van der Waals surface area contributed by atoms with E-state index < -0.39 is 0 Å². The van der Waals surface area contributed by atoms with E-state index in [-0.39, 0.29) is 22.9 Å². The number of nitrogens with one attached hydrogen (secondary N) is 1. The van der Waals surface area contributed by atoms with Crippen LogP contribution in [0, 0.1) is 6.92 Å². The summed E-state index contributed by atoms with van der Waals surface area (Å²) in [6.45, 7) is 1.72. The van der Waals surface area contributed by atoms with E-state index in [1.807, 2.05) is 0 Å². The molecule has 1 heterocycles. The summed E-state index contributed by atoms with van der Waals surface area (Å²) in [6, 6.07) is 0. The van der Waals surface area contributed by atoms with E-state index in [2.05, 4.69) is 15.3 Å². The zero-order valence-electron chi connectivity index (χ0n) is 8.83. The van der Waals surface area contributed by atoms with Gasteiger partial charge in [0.2, 0.25) is 0 Å². The van der Waals surface area contributed by atoms with Gasteiger partial charge in [0, 0.05) is 0 Å². The van der Waals surface area contributed by atoms with E-state index >= 15 is 0 Å². The molecule has 1 aliphatic rings. The number of hydrogen-bond donors (Lipinski definition) is 2. The van der Waals surface area contributed by atoms with Crippen molar-refractivity contribution in [2.75, 3.05) is 11.9 Å². The lowest BCUT2D eigenvalue weighted by Gasteiger charge is -2.16. The van der Waals surface area contributed by atoms with Gasteiger partial charge in [0.25, 0.3) is 0 Å². The van der Waals surface area contributed by atoms with Gasteiger partial charge in [-0.15, -0.1) is 0 Å². The van der Waals surface area contributed by atoms with E-state index in [0.717, 1.165) is 12.8 Å². The first-order valence-electron chi connectivity index (χ1n) is 4.98. The molecule has 86 valence electrons. The molecule has 0 bridgehead atoms. The molecular weight excluding hydrogens is 230 g/mol. The molecule has 0 atom stereocenters. The Morgan fingerprint density at radius 2 is 2.25 bits per heavy atom. The van der Waals surface area contributed by atoms with Crippen LogP contribution in [0.4, 0.5) is 5.82 Å². The molecule has 16 heavy (non-hydrogen) atoms. The van der Waals surface area contributed by atoms with Crippen molar-refractivity contribution in [3.63, 3.8) is 0 Å². The van der Waals surface area contributed by atoms with E-state index in [4.69, 9.17) is 11.6 Å². The van der Waals surface area contributed by atoms with Crippen LogP contribution < -0.4 is 5.32 Å². The van der Waals surface area contributed by atoms with Crippen LogP contribution >= 0.6 is 11.6 Å². The number of aliphatic hydroxyl groups excluding tert-OH is 1. The normalized spacial score (nSPS) is 16.9. The van der Waals surface area contributed by atoms with E-state index in [9.17, 15) is 9.90 Å². The molecule has 1 aromatic rings. The van der Waals surface area contributed by atoms with Crippen molar-refractivity contribution in [3.05, 3.63) is 16.5 Å². The number of halogens is 1. The second-order valence-electron chi connectivity index (χ2n) is 4.01. The van der Waals surface area contributed by atoms with Crippen molar-refractivity contribution in [1.82, 2.24) is 9.97 Å². The summed E-state index contributed by atoms with van der Waals surface area (Å²) in [6.07, 6.45) is 2.35. The Kier molecular flexibility index (Phi) is 2.82. The van der Waals surface area contributed by atoms with Crippen LogP contribution in [0.1, 0.15) is 29.0 Å². The molecule has 2 N–H and O–H groups in total. The number of carbonyl (C=O) groups is 1. The second-order valence-corrected chi connectivity index (χ2v) is 4.36. The van der Waals surface area contributed by atoms with Gasteiger partial charge in [-0.25, -0.2) is 9.97 Å². The fraction of sp³-hybridized carbons (Fsp3) is 0.500. The van der Waals surface area contributed by atoms with E-state index in [0.29, 0.717) is 17.9 Å². The summed E-state index contributed by atoms with van der Waals surface area (Å²) in [7, 11) is 0. The summed E-state index contributed by atoms with van der Waals surface area (Å²) in [4.78, 5) is 18.9. The average molecular weight is 242 g/mol. The van der Waals surface area contributed by atoms with Gasteiger partial charge in [-0.3, -0.25) is 4.79 Å². The number of nitrogens with zero attached hydrogens (tertiary/aromatic N) is 2. The summed E-state index contributed by atoms with van der Waals surface area (Å²) < 4.78 is 0. The minimum Gasteiger partial charge on any atom is -0.394 e. The molecule has 1 aromatic heterocycles. The molecule has 0 aromatic carbocycles. The number of anilines is 1. The minimum absolute atomic E-state index is 0.0198. The maximum atomic E-state index is 10.9. The van der Waals surface area contributed by atoms with Gasteiger partial charge < -0.3 is 10.4 Å². The fourth-order valence-electron chi connectivity index (χ4n) is 1.47. The molecule has 1 saturated carbocycles. The predicted molar refractivity (Wildman–Crippen MR) is 59.8 cm³/mol. The van der Waals surface area contributed by atoms with Crippen LogP contribution in [0.2, 0.25) is 5.15 Å². The molecule has 0 aliphatic heterocycles. The zero-order chi connectivity index (χ0) is 11.8. The SMILES string of the molecule is Cc1nc(Cl)c(C=O)c(NC2(CO)CC2)n1. The Labute approximate surface area is 97.9 Å². The third-order valence-electron chi connectivity index (χ3n) is 2.67. The van der Waals surface area contributed by atoms with Crippen molar-refractivity contribution in [2.45, 2.75) is 25.3 Å². The van der Waals surface area contributed by atoms with Gasteiger partial charge in [0.15, 0.2) is 6.29 Å². The van der Waals surface area contributed by atoms with Gasteiger partial charge >= 0.3 is 0 Å². The van der Waals surface area contributed by atoms with Crippen LogP contribution in [0.25, 0.3) is 0 Å². The Bertz CT molecular complexity index is 432. The maximum absolute atomic E-state index is 10.9. The quantitative estimate of drug-likeness (QED) is 0.612. The van der Waals surface area contributed by atoms with Crippen LogP contribution in [-0.4, -0.2) is 33.5 Å². The minimum atomic E-state index is -0.331. The highest BCUT2D eigenvalue weighted by Gasteiger charge is 2.43. The first kappa shape index (κ1) is 11.3. The van der Waals surface area contributed by atoms with Gasteiger partial charge in [-0.1, -0.05) is 11.6 Å². The summed E-state index contributed by atoms with van der Waals surface area (Å²) in [5.41, 5.74) is -0.0889. The van der Waals surface area contributed by atoms with Gasteiger partial charge in [0.05, 0.1) is 17.7 Å². The third kappa shape index (κ3) is 2.01. The van der Waals surface area contributed by atoms with Crippen LogP contribution in [0.3, 0.4) is 0 Å². The monoisotopic (exact) mass is 241 g/mol. The highest BCUT2D eigenvalue weighted by Crippen LogP contribution is 2.38. The Balaban J connectivity index is 2.35. The Morgan fingerprint density at radius 1 is 1.56 bits per heavy atom. The molecule has 2 rings (SSSR count). The average Bonchev–Trinajstić information content (AvgIpc) is 2.98. The molecule has 6 heteroatoms. The number of aliphatic hydroxyl groups is 1. The van der Waals surface area contributed by atoms with Crippen molar-refractivity contribution < 1.29 is 9.90 Å². The molecule has 1 fully saturated rings. The molecule has 5 nitrogen and oxygen atoms in total. The van der Waals surface area contributed by atoms with Crippen molar-refractivity contribution in [3.8, 4) is 0 Å². The van der Waals surface area contributed by atoms with E-state index in [1.54, 1.807) is 6.92 Å². The molecule has 0 amide bonds. The lowest BCUT2D eigenvalue weighted by Crippen LogP contribution is -2.27. The number of aromatic nitrogens is 2. The Morgan fingerprint density at radius 3 is 2.75 bits per heavy atom. The maximum Gasteiger partial charge on any atom is 0.156 e. The Hall–Kier alpha value is -1.20. The first-order chi connectivity index (χ1) is 7.60. The predicted octanol–water partition coefficient (Wildman–Crippen LogP) is 1.19. The van der Waals surface area contributed by atoms with Gasteiger partial charge in [-0.05, 0) is 19.8 Å². The summed E-state index contributed by atoms with van der Waals surface area (Å²) in [5, 5.41) is 12.4. The number of carbonyl (C=O) groups excluding carboxylic acids is 1. The molecule has 0 spiro atoms. The third-order valence-corrected chi connectivity index (χ3v) is 2.96. The van der Waals surface area contributed by atoms with E-state index in [1.165, 1.54) is 0 Å². The van der Waals surface area contributed by atoms with Gasteiger partial charge in [-0.2, -0.15) is 0 Å². The highest BCUT2D eigenvalue weighted by molar-refractivity contribution is 6.32. The number of aldehydes is 1. The molecule has 1 aliphatic carbocycles. The summed E-state index contributed by atoms with van der Waals surface area (Å²) in [5.74, 6) is 0.894. The number of aryl methyl sites for hydroxylation is 1. The molecule has 0 radical (unpaired) electrons. The van der Waals surface area contributed by atoms with Crippen molar-refractivity contribution >= 4 is 23.7 Å². The number of hydrogen-bond acceptors (Lipinski definition) is 5. The van der Waals surface area contributed by atoms with Crippen LogP contribution in [0.5, 0.6) is 0 Å². The lowest BCUT2D eigenvalue weighted by molar-refractivity contribution is 0.112. The van der Waals surface area contributed by atoms with Crippen LogP contribution in [-0.2, 0) is 0 Å². The number of rotatable bonds is 4. The molecule has 0 saturated heterocycles. The lowest BCUT2D eigenvalue weighted by atomic mass is 10.2. The standard InChI is InChI=1S/C10H12ClN3O2/c1-6-12-8(11)7(4-15)9(13-6)14-10(5-16)2-3-10/h4,16H,2-3,5H2,1H3,(H,12,13,14). The van der Waals surface area contributed by atoms with Crippen molar-refractivity contribution in [1.29, 1.82) is 0 Å². The molecule has 0 unspecified atom stereocenters. The fourth-order valence-corrected chi connectivity index (χ4v) is 1.73. The summed E-state index contributed by atoms with van der Waals surface area (Å²) >= 11 is 5.84. The first-order valence-corrected chi connectivity index (χ1v) is 5.36. The topological polar surface area (TPSA) is 75.1 Å². The smallest absolute Gasteiger partial charge is 0.156 e. The second kappa shape index (κ2) is 3.99. The molecular formula is C10H12ClN3O2. The van der Waals surface area contributed by atoms with Gasteiger partial charge in [0.1, 0.15) is 16.8 Å². The largest absolute Gasteiger partial charge is 0.394 e. The zero-order valence-corrected chi connectivity index (χ0v) is 9.58. The van der Waals surface area contributed by atoms with Crippen molar-refractivity contribution in [2.24, 2.45) is 0 Å². The highest BCUT2D eigenvalue weighted by atomic mass is 35.5. The van der Waals surface area contributed by atoms with Crippen LogP contribution in [0.15, 0.2) is 0 Å².